The van der Waals surface area contributed by atoms with E-state index in [1.165, 1.54) is 31.5 Å². The van der Waals surface area contributed by atoms with E-state index < -0.39 is 0 Å². The molecule has 27 heavy (non-hydrogen) atoms. The van der Waals surface area contributed by atoms with Crippen LogP contribution < -0.4 is 9.80 Å². The van der Waals surface area contributed by atoms with Crippen molar-refractivity contribution in [2.45, 2.75) is 51.6 Å². The average molecular weight is 375 g/mol. The highest BCUT2D eigenvalue weighted by atomic mass is 16.2. The van der Waals surface area contributed by atoms with Crippen molar-refractivity contribution in [2.75, 3.05) is 57.6 Å². The molecule has 1 atom stereocenters. The monoisotopic (exact) mass is 374 g/mol. The van der Waals surface area contributed by atoms with Crippen molar-refractivity contribution in [3.05, 3.63) is 11.3 Å². The predicted octanol–water partition coefficient (Wildman–Crippen LogP) is 1.76. The predicted molar refractivity (Wildman–Crippen MR) is 109 cm³/mol. The first-order valence-corrected chi connectivity index (χ1v) is 10.1. The second kappa shape index (κ2) is 8.42. The number of fused-ring (bicyclic) bond motifs is 1. The minimum atomic E-state index is 0.253. The second-order valence-electron chi connectivity index (χ2n) is 8.26. The number of rotatable bonds is 6. The van der Waals surface area contributed by atoms with Gasteiger partial charge in [-0.2, -0.15) is 4.98 Å². The van der Waals surface area contributed by atoms with Crippen LogP contribution in [0.15, 0.2) is 0 Å². The molecule has 1 saturated heterocycles. The summed E-state index contributed by atoms with van der Waals surface area (Å²) in [4.78, 5) is 30.7. The number of nitrogens with zero attached hydrogens (tertiary/aromatic N) is 6. The standard InChI is InChI=1S/C20H34N6O/c1-15(25-11-6-7-12-25)8-9-18(27)26-13-10-16-17(14-26)21-20(24(4)5)22-19(16)23(2)3/h15H,6-14H2,1-5H3. The third kappa shape index (κ3) is 4.51. The van der Waals surface area contributed by atoms with Crippen molar-refractivity contribution >= 4 is 17.7 Å². The van der Waals surface area contributed by atoms with Crippen molar-refractivity contribution < 1.29 is 4.79 Å². The topological polar surface area (TPSA) is 55.8 Å². The van der Waals surface area contributed by atoms with Crippen LogP contribution in [0.2, 0.25) is 0 Å². The lowest BCUT2D eigenvalue weighted by Crippen LogP contribution is -2.38. The van der Waals surface area contributed by atoms with E-state index in [4.69, 9.17) is 9.97 Å². The summed E-state index contributed by atoms with van der Waals surface area (Å²) >= 11 is 0. The summed E-state index contributed by atoms with van der Waals surface area (Å²) < 4.78 is 0. The van der Waals surface area contributed by atoms with Crippen LogP contribution in [0.4, 0.5) is 11.8 Å². The van der Waals surface area contributed by atoms with Crippen LogP contribution in [0.1, 0.15) is 43.9 Å². The molecule has 7 nitrogen and oxygen atoms in total. The molecule has 150 valence electrons. The number of anilines is 2. The molecule has 0 N–H and O–H groups in total. The summed E-state index contributed by atoms with van der Waals surface area (Å²) in [6.07, 6.45) is 4.98. The Morgan fingerprint density at radius 3 is 2.41 bits per heavy atom. The summed E-state index contributed by atoms with van der Waals surface area (Å²) in [5.41, 5.74) is 2.17. The van der Waals surface area contributed by atoms with Crippen LogP contribution in [-0.4, -0.2) is 79.5 Å². The van der Waals surface area contributed by atoms with Crippen LogP contribution in [-0.2, 0) is 17.8 Å². The highest BCUT2D eigenvalue weighted by Crippen LogP contribution is 2.28. The van der Waals surface area contributed by atoms with Gasteiger partial charge in [0.15, 0.2) is 0 Å². The Hall–Kier alpha value is -1.89. The maximum Gasteiger partial charge on any atom is 0.227 e. The summed E-state index contributed by atoms with van der Waals surface area (Å²) in [5, 5.41) is 0. The third-order valence-corrected chi connectivity index (χ3v) is 5.75. The van der Waals surface area contributed by atoms with Crippen LogP contribution in [0.5, 0.6) is 0 Å². The van der Waals surface area contributed by atoms with Gasteiger partial charge >= 0.3 is 0 Å². The Morgan fingerprint density at radius 2 is 1.78 bits per heavy atom. The van der Waals surface area contributed by atoms with Gasteiger partial charge in [-0.15, -0.1) is 0 Å². The number of hydrogen-bond acceptors (Lipinski definition) is 6. The highest BCUT2D eigenvalue weighted by molar-refractivity contribution is 5.76. The summed E-state index contributed by atoms with van der Waals surface area (Å²) in [5.74, 6) is 1.93. The molecule has 0 aliphatic carbocycles. The Kier molecular flexibility index (Phi) is 6.19. The van der Waals surface area contributed by atoms with Crippen LogP contribution in [0.25, 0.3) is 0 Å². The van der Waals surface area contributed by atoms with E-state index in [1.807, 2.05) is 42.9 Å². The minimum absolute atomic E-state index is 0.253. The zero-order valence-electron chi connectivity index (χ0n) is 17.5. The zero-order chi connectivity index (χ0) is 19.6. The maximum atomic E-state index is 12.8. The smallest absolute Gasteiger partial charge is 0.227 e. The van der Waals surface area contributed by atoms with E-state index in [9.17, 15) is 4.79 Å². The van der Waals surface area contributed by atoms with Gasteiger partial charge in [0.25, 0.3) is 0 Å². The number of amides is 1. The molecular formula is C20H34N6O. The van der Waals surface area contributed by atoms with Crippen molar-refractivity contribution in [2.24, 2.45) is 0 Å². The molecule has 0 aromatic carbocycles. The maximum absolute atomic E-state index is 12.8. The molecule has 7 heteroatoms. The fourth-order valence-corrected chi connectivity index (χ4v) is 4.04. The molecule has 1 fully saturated rings. The molecule has 1 unspecified atom stereocenters. The van der Waals surface area contributed by atoms with Gasteiger partial charge in [-0.05, 0) is 45.7 Å². The average Bonchev–Trinajstić information content (AvgIpc) is 3.19. The highest BCUT2D eigenvalue weighted by Gasteiger charge is 2.27. The Bertz CT molecular complexity index is 669. The Morgan fingerprint density at radius 1 is 1.07 bits per heavy atom. The van der Waals surface area contributed by atoms with Crippen molar-refractivity contribution in [3.8, 4) is 0 Å². The first-order chi connectivity index (χ1) is 12.9. The van der Waals surface area contributed by atoms with Gasteiger partial charge in [-0.25, -0.2) is 4.98 Å². The summed E-state index contributed by atoms with van der Waals surface area (Å²) in [7, 11) is 7.93. The van der Waals surface area contributed by atoms with Gasteiger partial charge in [0.05, 0.1) is 12.2 Å². The molecule has 2 aliphatic rings. The van der Waals surface area contributed by atoms with E-state index in [0.717, 1.165) is 30.9 Å². The summed E-state index contributed by atoms with van der Waals surface area (Å²) in [6, 6.07) is 0.497. The SMILES string of the molecule is CC(CCC(=O)N1CCc2c(nc(N(C)C)nc2N(C)C)C1)N1CCCC1. The number of carbonyl (C=O) groups excluding carboxylic acids is 1. The minimum Gasteiger partial charge on any atom is -0.362 e. The molecule has 1 aromatic heterocycles. The Labute approximate surface area is 163 Å². The molecule has 0 bridgehead atoms. The van der Waals surface area contributed by atoms with E-state index in [0.29, 0.717) is 25.0 Å². The first kappa shape index (κ1) is 19.9. The van der Waals surface area contributed by atoms with Crippen molar-refractivity contribution in [1.82, 2.24) is 19.8 Å². The largest absolute Gasteiger partial charge is 0.362 e. The zero-order valence-corrected chi connectivity index (χ0v) is 17.5. The normalized spacial score (nSPS) is 18.3. The van der Waals surface area contributed by atoms with E-state index in [2.05, 4.69) is 11.8 Å². The van der Waals surface area contributed by atoms with Gasteiger partial charge in [-0.1, -0.05) is 0 Å². The van der Waals surface area contributed by atoms with Crippen LogP contribution in [0.3, 0.4) is 0 Å². The van der Waals surface area contributed by atoms with Crippen LogP contribution in [0, 0.1) is 0 Å². The second-order valence-corrected chi connectivity index (χ2v) is 8.26. The van der Waals surface area contributed by atoms with Gasteiger partial charge < -0.3 is 19.6 Å². The molecular weight excluding hydrogens is 340 g/mol. The summed E-state index contributed by atoms with van der Waals surface area (Å²) in [6.45, 7) is 5.98. The quantitative estimate of drug-likeness (QED) is 0.756. The molecule has 3 rings (SSSR count). The molecule has 1 amide bonds. The van der Waals surface area contributed by atoms with Crippen LogP contribution >= 0.6 is 0 Å². The molecule has 3 heterocycles. The molecule has 2 aliphatic heterocycles. The van der Waals surface area contributed by atoms with Crippen molar-refractivity contribution in [3.63, 3.8) is 0 Å². The molecule has 1 aromatic rings. The number of aromatic nitrogens is 2. The van der Waals surface area contributed by atoms with E-state index in [-0.39, 0.29) is 5.91 Å². The Balaban J connectivity index is 1.66. The molecule has 0 saturated carbocycles. The van der Waals surface area contributed by atoms with Gasteiger partial charge in [0, 0.05) is 52.8 Å². The van der Waals surface area contributed by atoms with Crippen molar-refractivity contribution in [1.29, 1.82) is 0 Å². The lowest BCUT2D eigenvalue weighted by molar-refractivity contribution is -0.132. The lowest BCUT2D eigenvalue weighted by Gasteiger charge is -2.32. The first-order valence-electron chi connectivity index (χ1n) is 10.1. The fourth-order valence-electron chi connectivity index (χ4n) is 4.04. The number of carbonyl (C=O) groups is 1. The number of likely N-dealkylation sites (tertiary alicyclic amines) is 1. The van der Waals surface area contributed by atoms with Gasteiger partial charge in [0.1, 0.15) is 5.82 Å². The molecule has 0 radical (unpaired) electrons. The van der Waals surface area contributed by atoms with E-state index >= 15 is 0 Å². The molecule has 0 spiro atoms. The number of hydrogen-bond donors (Lipinski definition) is 0. The fraction of sp³-hybridized carbons (Fsp3) is 0.750. The third-order valence-electron chi connectivity index (χ3n) is 5.75. The lowest BCUT2D eigenvalue weighted by atomic mass is 10.0. The van der Waals surface area contributed by atoms with Gasteiger partial charge in [-0.3, -0.25) is 4.79 Å². The van der Waals surface area contributed by atoms with Gasteiger partial charge in [0.2, 0.25) is 11.9 Å². The van der Waals surface area contributed by atoms with E-state index in [1.54, 1.807) is 0 Å².